The van der Waals surface area contributed by atoms with Gasteiger partial charge in [0.25, 0.3) is 11.8 Å². The number of imide groups is 1. The Morgan fingerprint density at radius 3 is 2.67 bits per heavy atom. The summed E-state index contributed by atoms with van der Waals surface area (Å²) < 4.78 is 0. The summed E-state index contributed by atoms with van der Waals surface area (Å²) >= 11 is 0. The topological polar surface area (TPSA) is 37.4 Å². The molecular formula is C12H13NO2. The molecule has 15 heavy (non-hydrogen) atoms. The predicted molar refractivity (Wildman–Crippen MR) is 54.8 cm³/mol. The minimum absolute atomic E-state index is 0.104. The quantitative estimate of drug-likeness (QED) is 0.477. The maximum Gasteiger partial charge on any atom is 0.257 e. The van der Waals surface area contributed by atoms with E-state index >= 15 is 0 Å². The summed E-state index contributed by atoms with van der Waals surface area (Å²) in [5.74, 6) is 0.336. The van der Waals surface area contributed by atoms with Crippen molar-refractivity contribution in [2.75, 3.05) is 0 Å². The van der Waals surface area contributed by atoms with Gasteiger partial charge in [0.15, 0.2) is 0 Å². The second-order valence-corrected chi connectivity index (χ2v) is 4.77. The molecule has 3 nitrogen and oxygen atoms in total. The fourth-order valence-corrected chi connectivity index (χ4v) is 3.01. The van der Waals surface area contributed by atoms with Gasteiger partial charge < -0.3 is 0 Å². The van der Waals surface area contributed by atoms with Crippen LogP contribution in [-0.2, 0) is 9.59 Å². The third-order valence-corrected chi connectivity index (χ3v) is 3.79. The molecular weight excluding hydrogens is 190 g/mol. The van der Waals surface area contributed by atoms with E-state index in [0.29, 0.717) is 11.5 Å². The molecule has 2 bridgehead atoms. The van der Waals surface area contributed by atoms with E-state index in [1.807, 2.05) is 0 Å². The van der Waals surface area contributed by atoms with Crippen molar-refractivity contribution in [3.63, 3.8) is 0 Å². The van der Waals surface area contributed by atoms with Crippen LogP contribution in [0.25, 0.3) is 0 Å². The molecule has 3 aliphatic rings. The Morgan fingerprint density at radius 2 is 2.27 bits per heavy atom. The molecule has 1 aliphatic heterocycles. The van der Waals surface area contributed by atoms with Crippen LogP contribution in [0, 0.1) is 5.92 Å². The molecule has 0 N–H and O–H groups in total. The van der Waals surface area contributed by atoms with Crippen LogP contribution in [0.15, 0.2) is 23.8 Å². The molecule has 0 radical (unpaired) electrons. The van der Waals surface area contributed by atoms with Gasteiger partial charge in [0, 0.05) is 11.6 Å². The van der Waals surface area contributed by atoms with Crippen LogP contribution in [0.4, 0.5) is 0 Å². The van der Waals surface area contributed by atoms with E-state index < -0.39 is 0 Å². The zero-order valence-electron chi connectivity index (χ0n) is 8.69. The predicted octanol–water partition coefficient (Wildman–Crippen LogP) is 1.41. The first-order valence-electron chi connectivity index (χ1n) is 5.39. The Bertz CT molecular complexity index is 421. The van der Waals surface area contributed by atoms with Crippen LogP contribution in [0.3, 0.4) is 0 Å². The molecule has 0 aromatic carbocycles. The van der Waals surface area contributed by atoms with E-state index in [-0.39, 0.29) is 17.4 Å². The lowest BCUT2D eigenvalue weighted by molar-refractivity contribution is -0.142. The Labute approximate surface area is 88.4 Å². The Hall–Kier alpha value is -1.38. The van der Waals surface area contributed by atoms with Crippen LogP contribution < -0.4 is 0 Å². The summed E-state index contributed by atoms with van der Waals surface area (Å²) in [5.41, 5.74) is 0.283. The van der Waals surface area contributed by atoms with Crippen molar-refractivity contribution in [3.8, 4) is 0 Å². The first kappa shape index (κ1) is 8.89. The summed E-state index contributed by atoms with van der Waals surface area (Å²) in [5, 5.41) is 0. The molecule has 0 aromatic heterocycles. The van der Waals surface area contributed by atoms with Crippen LogP contribution >= 0.6 is 0 Å². The van der Waals surface area contributed by atoms with Crippen molar-refractivity contribution in [2.24, 2.45) is 5.92 Å². The van der Waals surface area contributed by atoms with Gasteiger partial charge >= 0.3 is 0 Å². The molecule has 3 rings (SSSR count). The van der Waals surface area contributed by atoms with Gasteiger partial charge in [0.1, 0.15) is 0 Å². The first-order chi connectivity index (χ1) is 7.12. The van der Waals surface area contributed by atoms with Crippen molar-refractivity contribution >= 4 is 11.8 Å². The zero-order chi connectivity index (χ0) is 10.6. The third kappa shape index (κ3) is 1.01. The molecule has 2 unspecified atom stereocenters. The van der Waals surface area contributed by atoms with Crippen molar-refractivity contribution in [1.82, 2.24) is 4.90 Å². The standard InChI is InChI=1S/C12H13NO2/c1-8-6-10(14)13(11(8)15)12-4-2-9(7-12)3-5-12/h2,4,6,9H,3,5,7H2,1H3. The number of nitrogens with zero attached hydrogens (tertiary/aromatic N) is 1. The lowest BCUT2D eigenvalue weighted by atomic mass is 9.96. The smallest absolute Gasteiger partial charge is 0.257 e. The summed E-state index contributed by atoms with van der Waals surface area (Å²) in [6.07, 6.45) is 8.64. The molecule has 1 heterocycles. The Kier molecular flexibility index (Phi) is 1.54. The SMILES string of the molecule is CC1=CC(=O)N(C23C=CC(CC2)C3)C1=O. The van der Waals surface area contributed by atoms with Gasteiger partial charge in [-0.05, 0) is 32.1 Å². The second kappa shape index (κ2) is 2.60. The number of amides is 2. The van der Waals surface area contributed by atoms with E-state index in [2.05, 4.69) is 12.2 Å². The Morgan fingerprint density at radius 1 is 1.47 bits per heavy atom. The van der Waals surface area contributed by atoms with Crippen LogP contribution in [0.2, 0.25) is 0 Å². The van der Waals surface area contributed by atoms with E-state index in [4.69, 9.17) is 0 Å². The number of fused-ring (bicyclic) bond motifs is 2. The van der Waals surface area contributed by atoms with Crippen molar-refractivity contribution in [2.45, 2.75) is 31.7 Å². The monoisotopic (exact) mass is 203 g/mol. The summed E-state index contributed by atoms with van der Waals surface area (Å²) in [6.45, 7) is 1.71. The highest BCUT2D eigenvalue weighted by Crippen LogP contribution is 2.47. The maximum absolute atomic E-state index is 11.9. The highest BCUT2D eigenvalue weighted by atomic mass is 16.2. The number of carbonyl (C=O) groups is 2. The van der Waals surface area contributed by atoms with Crippen molar-refractivity contribution < 1.29 is 9.59 Å². The first-order valence-corrected chi connectivity index (χ1v) is 5.39. The molecule has 2 aliphatic carbocycles. The Balaban J connectivity index is 2.00. The molecule has 0 saturated heterocycles. The minimum atomic E-state index is -0.285. The van der Waals surface area contributed by atoms with E-state index in [0.717, 1.165) is 19.3 Å². The van der Waals surface area contributed by atoms with Crippen molar-refractivity contribution in [1.29, 1.82) is 0 Å². The van der Waals surface area contributed by atoms with Gasteiger partial charge in [-0.25, -0.2) is 0 Å². The van der Waals surface area contributed by atoms with Crippen molar-refractivity contribution in [3.05, 3.63) is 23.8 Å². The summed E-state index contributed by atoms with van der Waals surface area (Å²) in [6, 6.07) is 0. The number of rotatable bonds is 1. The molecule has 3 heteroatoms. The molecule has 0 aromatic rings. The van der Waals surface area contributed by atoms with Gasteiger partial charge in [-0.1, -0.05) is 12.2 Å². The molecule has 2 amide bonds. The zero-order valence-corrected chi connectivity index (χ0v) is 8.69. The fourth-order valence-electron chi connectivity index (χ4n) is 3.01. The fraction of sp³-hybridized carbons (Fsp3) is 0.500. The number of hydrogen-bond donors (Lipinski definition) is 0. The van der Waals surface area contributed by atoms with E-state index in [9.17, 15) is 9.59 Å². The largest absolute Gasteiger partial charge is 0.269 e. The van der Waals surface area contributed by atoms with Gasteiger partial charge in [-0.2, -0.15) is 0 Å². The van der Waals surface area contributed by atoms with Gasteiger partial charge in [0.05, 0.1) is 5.54 Å². The number of carbonyl (C=O) groups excluding carboxylic acids is 2. The average molecular weight is 203 g/mol. The maximum atomic E-state index is 11.9. The van der Waals surface area contributed by atoms with Gasteiger partial charge in [0.2, 0.25) is 0 Å². The number of allylic oxidation sites excluding steroid dienone is 1. The average Bonchev–Trinajstić information content (AvgIpc) is 2.82. The van der Waals surface area contributed by atoms with E-state index in [1.54, 1.807) is 6.92 Å². The summed E-state index contributed by atoms with van der Waals surface area (Å²) in [7, 11) is 0. The second-order valence-electron chi connectivity index (χ2n) is 4.77. The summed E-state index contributed by atoms with van der Waals surface area (Å²) in [4.78, 5) is 25.1. The van der Waals surface area contributed by atoms with E-state index in [1.165, 1.54) is 11.0 Å². The normalized spacial score (nSPS) is 38.1. The highest BCUT2D eigenvalue weighted by molar-refractivity contribution is 6.16. The van der Waals surface area contributed by atoms with Crippen LogP contribution in [-0.4, -0.2) is 22.3 Å². The molecule has 78 valence electrons. The van der Waals surface area contributed by atoms with Crippen LogP contribution in [0.1, 0.15) is 26.2 Å². The molecule has 2 atom stereocenters. The third-order valence-electron chi connectivity index (χ3n) is 3.79. The lowest BCUT2D eigenvalue weighted by Gasteiger charge is -2.33. The molecule has 1 saturated carbocycles. The highest BCUT2D eigenvalue weighted by Gasteiger charge is 2.50. The lowest BCUT2D eigenvalue weighted by Crippen LogP contribution is -2.48. The van der Waals surface area contributed by atoms with Gasteiger partial charge in [-0.15, -0.1) is 0 Å². The minimum Gasteiger partial charge on any atom is -0.269 e. The molecule has 0 spiro atoms. The van der Waals surface area contributed by atoms with Crippen LogP contribution in [0.5, 0.6) is 0 Å². The molecule has 1 fully saturated rings. The van der Waals surface area contributed by atoms with Gasteiger partial charge in [-0.3, -0.25) is 14.5 Å². The number of hydrogen-bond acceptors (Lipinski definition) is 2.